The van der Waals surface area contributed by atoms with Crippen molar-refractivity contribution in [2.24, 2.45) is 0 Å². The number of sulfonamides is 1. The molecule has 0 atom stereocenters. The van der Waals surface area contributed by atoms with Crippen LogP contribution in [0.1, 0.15) is 6.92 Å². The van der Waals surface area contributed by atoms with Crippen LogP contribution in [0.5, 0.6) is 5.75 Å². The summed E-state index contributed by atoms with van der Waals surface area (Å²) < 4.78 is 34.5. The minimum atomic E-state index is -3.88. The quantitative estimate of drug-likeness (QED) is 0.508. The molecular weight excluding hydrogens is 496 g/mol. The Bertz CT molecular complexity index is 1150. The van der Waals surface area contributed by atoms with Crippen LogP contribution in [-0.2, 0) is 10.0 Å². The number of pyridine rings is 1. The second-order valence-electron chi connectivity index (χ2n) is 7.06. The first-order valence-corrected chi connectivity index (χ1v) is 12.4. The lowest BCUT2D eigenvalue weighted by molar-refractivity contribution is 0.331. The van der Waals surface area contributed by atoms with E-state index in [1.165, 1.54) is 18.5 Å². The fraction of sp³-hybridized carbons (Fsp3) is 0.286. The largest absolute Gasteiger partial charge is 0.492 e. The van der Waals surface area contributed by atoms with Crippen LogP contribution in [0.2, 0.25) is 0 Å². The van der Waals surface area contributed by atoms with Crippen LogP contribution in [0.25, 0.3) is 0 Å². The number of aromatic nitrogens is 3. The van der Waals surface area contributed by atoms with Gasteiger partial charge in [-0.25, -0.2) is 23.4 Å². The molecule has 1 fully saturated rings. The number of benzene rings is 1. The van der Waals surface area contributed by atoms with Crippen molar-refractivity contribution in [2.45, 2.75) is 11.8 Å². The standard InChI is InChI=1S/C21H23BrN6O3S/c1-2-31-18-7-6-16(22)13-19(18)32(29,30)26-17-14-24-21(25-15-17)28-11-9-27(10-12-28)20-5-3-4-8-23-20/h3-8,13-15,26H,2,9-12H2,1H3. The topological polar surface area (TPSA) is 101 Å². The van der Waals surface area contributed by atoms with Gasteiger partial charge in [0.2, 0.25) is 5.95 Å². The third-order valence-corrected chi connectivity index (χ3v) is 6.82. The fourth-order valence-corrected chi connectivity index (χ4v) is 5.10. The van der Waals surface area contributed by atoms with Gasteiger partial charge in [-0.3, -0.25) is 4.72 Å². The minimum absolute atomic E-state index is 0.0449. The molecule has 3 aromatic rings. The van der Waals surface area contributed by atoms with E-state index in [-0.39, 0.29) is 16.3 Å². The molecule has 1 N–H and O–H groups in total. The predicted octanol–water partition coefficient (Wildman–Crippen LogP) is 3.16. The normalized spacial score (nSPS) is 14.3. The van der Waals surface area contributed by atoms with Gasteiger partial charge >= 0.3 is 0 Å². The van der Waals surface area contributed by atoms with Crippen LogP contribution in [0.15, 0.2) is 64.4 Å². The average molecular weight is 519 g/mol. The van der Waals surface area contributed by atoms with Crippen LogP contribution in [-0.4, -0.2) is 56.2 Å². The highest BCUT2D eigenvalue weighted by atomic mass is 79.9. The molecule has 1 aliphatic rings. The van der Waals surface area contributed by atoms with Crippen molar-refractivity contribution < 1.29 is 13.2 Å². The van der Waals surface area contributed by atoms with Gasteiger partial charge in [0.15, 0.2) is 0 Å². The van der Waals surface area contributed by atoms with E-state index in [0.717, 1.165) is 32.0 Å². The first kappa shape index (κ1) is 22.3. The molecule has 0 amide bonds. The Balaban J connectivity index is 1.43. The first-order chi connectivity index (χ1) is 15.5. The number of piperazine rings is 1. The number of nitrogens with zero attached hydrogens (tertiary/aromatic N) is 5. The van der Waals surface area contributed by atoms with Crippen molar-refractivity contribution in [2.75, 3.05) is 47.3 Å². The number of anilines is 3. The molecule has 0 saturated carbocycles. The summed E-state index contributed by atoms with van der Waals surface area (Å²) in [4.78, 5) is 17.5. The Hall–Kier alpha value is -2.92. The summed E-state index contributed by atoms with van der Waals surface area (Å²) in [6.07, 6.45) is 4.74. The van der Waals surface area contributed by atoms with E-state index in [4.69, 9.17) is 4.74 Å². The summed E-state index contributed by atoms with van der Waals surface area (Å²) in [6.45, 7) is 5.26. The Morgan fingerprint density at radius 1 is 1.03 bits per heavy atom. The average Bonchev–Trinajstić information content (AvgIpc) is 2.81. The van der Waals surface area contributed by atoms with E-state index in [9.17, 15) is 8.42 Å². The van der Waals surface area contributed by atoms with Crippen LogP contribution < -0.4 is 19.3 Å². The predicted molar refractivity (Wildman–Crippen MR) is 127 cm³/mol. The lowest BCUT2D eigenvalue weighted by Gasteiger charge is -2.35. The molecular formula is C21H23BrN6O3S. The van der Waals surface area contributed by atoms with E-state index in [1.807, 2.05) is 18.2 Å². The number of hydrogen-bond donors (Lipinski definition) is 1. The van der Waals surface area contributed by atoms with Gasteiger partial charge in [0, 0.05) is 36.8 Å². The van der Waals surface area contributed by atoms with E-state index in [2.05, 4.69) is 45.4 Å². The molecule has 3 heterocycles. The van der Waals surface area contributed by atoms with E-state index in [0.29, 0.717) is 17.0 Å². The summed E-state index contributed by atoms with van der Waals surface area (Å²) in [5.41, 5.74) is 0.281. The maximum absolute atomic E-state index is 12.9. The molecule has 0 radical (unpaired) electrons. The molecule has 0 spiro atoms. The molecule has 9 nitrogen and oxygen atoms in total. The second-order valence-corrected chi connectivity index (χ2v) is 9.63. The third kappa shape index (κ3) is 5.10. The highest BCUT2D eigenvalue weighted by Gasteiger charge is 2.22. The second kappa shape index (κ2) is 9.70. The Morgan fingerprint density at radius 3 is 2.41 bits per heavy atom. The van der Waals surface area contributed by atoms with E-state index < -0.39 is 10.0 Å². The summed E-state index contributed by atoms with van der Waals surface area (Å²) in [7, 11) is -3.88. The van der Waals surface area contributed by atoms with Gasteiger partial charge in [0.05, 0.1) is 24.7 Å². The summed E-state index contributed by atoms with van der Waals surface area (Å²) in [5, 5.41) is 0. The van der Waals surface area contributed by atoms with Gasteiger partial charge < -0.3 is 14.5 Å². The molecule has 1 aromatic carbocycles. The Labute approximate surface area is 195 Å². The summed E-state index contributed by atoms with van der Waals surface area (Å²) in [6, 6.07) is 10.7. The number of halogens is 1. The summed E-state index contributed by atoms with van der Waals surface area (Å²) in [5.74, 6) is 1.80. The number of hydrogen-bond acceptors (Lipinski definition) is 8. The van der Waals surface area contributed by atoms with Gasteiger partial charge in [-0.1, -0.05) is 22.0 Å². The van der Waals surface area contributed by atoms with E-state index >= 15 is 0 Å². The van der Waals surface area contributed by atoms with Crippen LogP contribution in [0.4, 0.5) is 17.5 Å². The zero-order chi connectivity index (χ0) is 22.6. The Kier molecular flexibility index (Phi) is 6.75. The van der Waals surface area contributed by atoms with Gasteiger partial charge in [-0.2, -0.15) is 0 Å². The maximum Gasteiger partial charge on any atom is 0.265 e. The van der Waals surface area contributed by atoms with Crippen LogP contribution in [0, 0.1) is 0 Å². The van der Waals surface area contributed by atoms with E-state index in [1.54, 1.807) is 25.3 Å². The smallest absolute Gasteiger partial charge is 0.265 e. The van der Waals surface area contributed by atoms with Crippen molar-refractivity contribution >= 4 is 43.4 Å². The van der Waals surface area contributed by atoms with Gasteiger partial charge in [-0.05, 0) is 37.3 Å². The maximum atomic E-state index is 12.9. The molecule has 0 bridgehead atoms. The molecule has 32 heavy (non-hydrogen) atoms. The number of rotatable bonds is 7. The van der Waals surface area contributed by atoms with Gasteiger partial charge in [-0.15, -0.1) is 0 Å². The summed E-state index contributed by atoms with van der Waals surface area (Å²) >= 11 is 3.31. The van der Waals surface area contributed by atoms with Crippen molar-refractivity contribution in [3.63, 3.8) is 0 Å². The van der Waals surface area contributed by atoms with Crippen molar-refractivity contribution in [3.8, 4) is 5.75 Å². The number of ether oxygens (including phenoxy) is 1. The van der Waals surface area contributed by atoms with Crippen LogP contribution in [0.3, 0.4) is 0 Å². The van der Waals surface area contributed by atoms with Crippen molar-refractivity contribution in [1.82, 2.24) is 15.0 Å². The molecule has 1 saturated heterocycles. The zero-order valence-electron chi connectivity index (χ0n) is 17.5. The molecule has 0 unspecified atom stereocenters. The van der Waals surface area contributed by atoms with Crippen molar-refractivity contribution in [1.29, 1.82) is 0 Å². The van der Waals surface area contributed by atoms with Gasteiger partial charge in [0.25, 0.3) is 10.0 Å². The van der Waals surface area contributed by atoms with Crippen LogP contribution >= 0.6 is 15.9 Å². The monoisotopic (exact) mass is 518 g/mol. The third-order valence-electron chi connectivity index (χ3n) is 4.92. The number of nitrogens with one attached hydrogen (secondary N) is 1. The molecule has 11 heteroatoms. The Morgan fingerprint density at radius 2 is 1.75 bits per heavy atom. The molecule has 4 rings (SSSR count). The first-order valence-electron chi connectivity index (χ1n) is 10.1. The fourth-order valence-electron chi connectivity index (χ4n) is 3.39. The molecule has 2 aromatic heterocycles. The highest BCUT2D eigenvalue weighted by Crippen LogP contribution is 2.29. The zero-order valence-corrected chi connectivity index (χ0v) is 19.9. The highest BCUT2D eigenvalue weighted by molar-refractivity contribution is 9.10. The molecule has 168 valence electrons. The lowest BCUT2D eigenvalue weighted by Crippen LogP contribution is -2.47. The SMILES string of the molecule is CCOc1ccc(Br)cc1S(=O)(=O)Nc1cnc(N2CCN(c3ccccn3)CC2)nc1. The molecule has 1 aliphatic heterocycles. The minimum Gasteiger partial charge on any atom is -0.492 e. The van der Waals surface area contributed by atoms with Gasteiger partial charge in [0.1, 0.15) is 16.5 Å². The lowest BCUT2D eigenvalue weighted by atomic mass is 10.3. The molecule has 0 aliphatic carbocycles. The van der Waals surface area contributed by atoms with Crippen molar-refractivity contribution in [3.05, 3.63) is 59.5 Å².